The third-order valence-electron chi connectivity index (χ3n) is 4.41. The number of halogens is 1. The molecule has 1 fully saturated rings. The normalized spacial score (nSPS) is 14.5. The first-order chi connectivity index (χ1) is 12.7. The maximum atomic E-state index is 13.9. The summed E-state index contributed by atoms with van der Waals surface area (Å²) in [7, 11) is 0. The summed E-state index contributed by atoms with van der Waals surface area (Å²) in [4.78, 5) is 24.9. The third-order valence-corrected chi connectivity index (χ3v) is 5.30. The molecule has 2 aromatic heterocycles. The van der Waals surface area contributed by atoms with Gasteiger partial charge in [-0.05, 0) is 24.3 Å². The number of benzene rings is 1. The molecule has 1 amide bonds. The van der Waals surface area contributed by atoms with Crippen LogP contribution in [0.1, 0.15) is 10.5 Å². The molecule has 0 unspecified atom stereocenters. The highest BCUT2D eigenvalue weighted by atomic mass is 32.1. The molecule has 5 nitrogen and oxygen atoms in total. The molecule has 26 heavy (non-hydrogen) atoms. The van der Waals surface area contributed by atoms with Crippen molar-refractivity contribution in [2.24, 2.45) is 0 Å². The van der Waals surface area contributed by atoms with Crippen LogP contribution in [-0.2, 0) is 0 Å². The van der Waals surface area contributed by atoms with Crippen molar-refractivity contribution in [1.82, 2.24) is 14.9 Å². The van der Waals surface area contributed by atoms with Crippen molar-refractivity contribution in [2.75, 3.05) is 31.1 Å². The van der Waals surface area contributed by atoms with Gasteiger partial charge in [-0.3, -0.25) is 9.78 Å². The van der Waals surface area contributed by atoms with Crippen LogP contribution < -0.4 is 4.90 Å². The van der Waals surface area contributed by atoms with Crippen LogP contribution in [0.5, 0.6) is 0 Å². The minimum atomic E-state index is -0.228. The molecule has 0 bridgehead atoms. The van der Waals surface area contributed by atoms with Gasteiger partial charge in [-0.2, -0.15) is 0 Å². The number of para-hydroxylation sites is 1. The van der Waals surface area contributed by atoms with Gasteiger partial charge in [-0.1, -0.05) is 12.1 Å². The quantitative estimate of drug-likeness (QED) is 0.712. The fourth-order valence-corrected chi connectivity index (χ4v) is 3.82. The first-order valence-electron chi connectivity index (χ1n) is 8.37. The van der Waals surface area contributed by atoms with Crippen LogP contribution in [-0.4, -0.2) is 47.0 Å². The average Bonchev–Trinajstić information content (AvgIpc) is 3.19. The summed E-state index contributed by atoms with van der Waals surface area (Å²) >= 11 is 1.45. The lowest BCUT2D eigenvalue weighted by atomic mass is 10.2. The Bertz CT molecular complexity index is 907. The van der Waals surface area contributed by atoms with E-state index in [1.165, 1.54) is 17.4 Å². The monoisotopic (exact) mass is 368 g/mol. The molecule has 0 aliphatic carbocycles. The molecular formula is C19H17FN4OS. The Morgan fingerprint density at radius 2 is 1.77 bits per heavy atom. The predicted molar refractivity (Wildman–Crippen MR) is 99.9 cm³/mol. The molecule has 4 rings (SSSR count). The van der Waals surface area contributed by atoms with Gasteiger partial charge < -0.3 is 9.80 Å². The summed E-state index contributed by atoms with van der Waals surface area (Å²) in [5.74, 6) is -0.302. The van der Waals surface area contributed by atoms with Gasteiger partial charge >= 0.3 is 0 Å². The molecular weight excluding hydrogens is 351 g/mol. The Balaban J connectivity index is 1.43. The third kappa shape index (κ3) is 3.30. The van der Waals surface area contributed by atoms with Crippen molar-refractivity contribution >= 4 is 22.9 Å². The van der Waals surface area contributed by atoms with E-state index in [4.69, 9.17) is 0 Å². The molecule has 1 aliphatic rings. The van der Waals surface area contributed by atoms with Crippen LogP contribution in [0.2, 0.25) is 0 Å². The highest BCUT2D eigenvalue weighted by Crippen LogP contribution is 2.24. The highest BCUT2D eigenvalue weighted by Gasteiger charge is 2.25. The summed E-state index contributed by atoms with van der Waals surface area (Å²) in [6, 6.07) is 10.5. The second-order valence-corrected chi connectivity index (χ2v) is 6.86. The van der Waals surface area contributed by atoms with Gasteiger partial charge in [0.2, 0.25) is 0 Å². The molecule has 0 radical (unpaired) electrons. The number of hydrogen-bond donors (Lipinski definition) is 0. The fourth-order valence-electron chi connectivity index (χ4n) is 3.02. The van der Waals surface area contributed by atoms with Crippen molar-refractivity contribution in [3.05, 3.63) is 65.7 Å². The smallest absolute Gasteiger partial charge is 0.273 e. The highest BCUT2D eigenvalue weighted by molar-refractivity contribution is 7.13. The number of pyridine rings is 1. The largest absolute Gasteiger partial charge is 0.366 e. The lowest BCUT2D eigenvalue weighted by molar-refractivity contribution is 0.0741. The van der Waals surface area contributed by atoms with E-state index < -0.39 is 0 Å². The van der Waals surface area contributed by atoms with E-state index in [1.807, 2.05) is 23.1 Å². The van der Waals surface area contributed by atoms with Crippen molar-refractivity contribution in [2.45, 2.75) is 0 Å². The number of amides is 1. The first kappa shape index (κ1) is 16.7. The molecule has 0 spiro atoms. The molecule has 1 aliphatic heterocycles. The van der Waals surface area contributed by atoms with E-state index in [1.54, 1.807) is 34.8 Å². The zero-order valence-corrected chi connectivity index (χ0v) is 14.8. The number of piperazine rings is 1. The van der Waals surface area contributed by atoms with E-state index in [9.17, 15) is 9.18 Å². The lowest BCUT2D eigenvalue weighted by Crippen LogP contribution is -2.49. The Labute approximate surface area is 154 Å². The number of anilines is 1. The average molecular weight is 368 g/mol. The SMILES string of the molecule is O=C(c1csc(-c2ccncc2)n1)N1CCN(c2ccccc2F)CC1. The van der Waals surface area contributed by atoms with Crippen molar-refractivity contribution in [3.63, 3.8) is 0 Å². The van der Waals surface area contributed by atoms with Gasteiger partial charge in [0, 0.05) is 49.5 Å². The summed E-state index contributed by atoms with van der Waals surface area (Å²) in [6.07, 6.45) is 3.42. The Morgan fingerprint density at radius 3 is 2.50 bits per heavy atom. The Morgan fingerprint density at radius 1 is 1.04 bits per heavy atom. The summed E-state index contributed by atoms with van der Waals surface area (Å²) < 4.78 is 13.9. The van der Waals surface area contributed by atoms with Crippen LogP contribution in [0.3, 0.4) is 0 Å². The number of thiazole rings is 1. The molecule has 0 atom stereocenters. The first-order valence-corrected chi connectivity index (χ1v) is 9.25. The molecule has 132 valence electrons. The van der Waals surface area contributed by atoms with Gasteiger partial charge in [0.15, 0.2) is 0 Å². The minimum Gasteiger partial charge on any atom is -0.366 e. The Hall–Kier alpha value is -2.80. The number of hydrogen-bond acceptors (Lipinski definition) is 5. The van der Waals surface area contributed by atoms with E-state index in [-0.39, 0.29) is 11.7 Å². The maximum Gasteiger partial charge on any atom is 0.273 e. The summed E-state index contributed by atoms with van der Waals surface area (Å²) in [5.41, 5.74) is 2.00. The second-order valence-electron chi connectivity index (χ2n) is 6.00. The fraction of sp³-hybridized carbons (Fsp3) is 0.211. The molecule has 3 aromatic rings. The van der Waals surface area contributed by atoms with Crippen LogP contribution in [0, 0.1) is 5.82 Å². The number of carbonyl (C=O) groups excluding carboxylic acids is 1. The summed E-state index contributed by atoms with van der Waals surface area (Å²) in [6.45, 7) is 2.31. The zero-order valence-electron chi connectivity index (χ0n) is 14.0. The predicted octanol–water partition coefficient (Wildman–Crippen LogP) is 3.31. The van der Waals surface area contributed by atoms with Crippen LogP contribution in [0.15, 0.2) is 54.2 Å². The van der Waals surface area contributed by atoms with Gasteiger partial charge in [0.25, 0.3) is 5.91 Å². The molecule has 1 saturated heterocycles. The standard InChI is InChI=1S/C19H17FN4OS/c20-15-3-1-2-4-17(15)23-9-11-24(12-10-23)19(25)16-13-26-18(22-16)14-5-7-21-8-6-14/h1-8,13H,9-12H2. The number of nitrogens with zero attached hydrogens (tertiary/aromatic N) is 4. The number of rotatable bonds is 3. The maximum absolute atomic E-state index is 13.9. The lowest BCUT2D eigenvalue weighted by Gasteiger charge is -2.35. The second kappa shape index (κ2) is 7.21. The minimum absolute atomic E-state index is 0.0743. The zero-order chi connectivity index (χ0) is 17.9. The number of aromatic nitrogens is 2. The van der Waals surface area contributed by atoms with Crippen LogP contribution >= 0.6 is 11.3 Å². The van der Waals surface area contributed by atoms with Gasteiger partial charge in [0.05, 0.1) is 5.69 Å². The van der Waals surface area contributed by atoms with Gasteiger partial charge in [-0.15, -0.1) is 11.3 Å². The topological polar surface area (TPSA) is 49.3 Å². The van der Waals surface area contributed by atoms with Crippen molar-refractivity contribution in [3.8, 4) is 10.6 Å². The molecule has 3 heterocycles. The van der Waals surface area contributed by atoms with Gasteiger partial charge in [-0.25, -0.2) is 9.37 Å². The van der Waals surface area contributed by atoms with Gasteiger partial charge in [0.1, 0.15) is 16.5 Å². The van der Waals surface area contributed by atoms with Crippen molar-refractivity contribution in [1.29, 1.82) is 0 Å². The Kier molecular flexibility index (Phi) is 4.62. The number of carbonyl (C=O) groups is 1. The molecule has 1 aromatic carbocycles. The van der Waals surface area contributed by atoms with Crippen LogP contribution in [0.4, 0.5) is 10.1 Å². The molecule has 7 heteroatoms. The molecule has 0 N–H and O–H groups in total. The van der Waals surface area contributed by atoms with E-state index in [0.717, 1.165) is 10.6 Å². The summed E-state index contributed by atoms with van der Waals surface area (Å²) in [5, 5.41) is 2.60. The van der Waals surface area contributed by atoms with Crippen molar-refractivity contribution < 1.29 is 9.18 Å². The van der Waals surface area contributed by atoms with E-state index in [0.29, 0.717) is 37.6 Å². The molecule has 0 saturated carbocycles. The van der Waals surface area contributed by atoms with Crippen LogP contribution in [0.25, 0.3) is 10.6 Å². The van der Waals surface area contributed by atoms with E-state index in [2.05, 4.69) is 9.97 Å². The van der Waals surface area contributed by atoms with E-state index >= 15 is 0 Å².